The summed E-state index contributed by atoms with van der Waals surface area (Å²) in [7, 11) is 0. The maximum Gasteiger partial charge on any atom is 0.223 e. The van der Waals surface area contributed by atoms with Crippen molar-refractivity contribution in [2.45, 2.75) is 25.5 Å². The highest BCUT2D eigenvalue weighted by atomic mass is 19.1. The summed E-state index contributed by atoms with van der Waals surface area (Å²) in [5, 5.41) is 2.85. The third-order valence-electron chi connectivity index (χ3n) is 4.41. The molecule has 0 unspecified atom stereocenters. The monoisotopic (exact) mass is 339 g/mol. The molecule has 1 aliphatic rings. The Morgan fingerprint density at radius 3 is 3.12 bits per heavy atom. The summed E-state index contributed by atoms with van der Waals surface area (Å²) in [6, 6.07) is 12.4. The number of fused-ring (bicyclic) bond motifs is 2. The molecule has 2 heterocycles. The average Bonchev–Trinajstić information content (AvgIpc) is 3.02. The fourth-order valence-corrected chi connectivity index (χ4v) is 3.19. The van der Waals surface area contributed by atoms with E-state index in [1.807, 2.05) is 18.2 Å². The van der Waals surface area contributed by atoms with Crippen molar-refractivity contribution in [3.8, 4) is 0 Å². The Balaban J connectivity index is 1.39. The number of H-pyrrole nitrogens is 1. The van der Waals surface area contributed by atoms with Gasteiger partial charge >= 0.3 is 0 Å². The summed E-state index contributed by atoms with van der Waals surface area (Å²) in [5.41, 5.74) is 3.62. The number of nitrogens with zero attached hydrogens (tertiary/aromatic N) is 1. The predicted molar refractivity (Wildman–Crippen MR) is 91.4 cm³/mol. The maximum atomic E-state index is 13.2. The number of amides is 1. The van der Waals surface area contributed by atoms with E-state index >= 15 is 0 Å². The van der Waals surface area contributed by atoms with Gasteiger partial charge in [0.05, 0.1) is 36.7 Å². The summed E-state index contributed by atoms with van der Waals surface area (Å²) in [6.45, 7) is 0.896. The Bertz CT molecular complexity index is 922. The Labute approximate surface area is 144 Å². The van der Waals surface area contributed by atoms with E-state index in [9.17, 15) is 9.18 Å². The van der Waals surface area contributed by atoms with Crippen molar-refractivity contribution < 1.29 is 13.9 Å². The summed E-state index contributed by atoms with van der Waals surface area (Å²) < 4.78 is 19.0. The molecule has 0 aliphatic carbocycles. The van der Waals surface area contributed by atoms with Gasteiger partial charge < -0.3 is 15.0 Å². The highest BCUT2D eigenvalue weighted by Gasteiger charge is 2.23. The molecule has 3 aromatic rings. The lowest BCUT2D eigenvalue weighted by molar-refractivity contribution is -0.124. The topological polar surface area (TPSA) is 67.0 Å². The van der Waals surface area contributed by atoms with Crippen molar-refractivity contribution in [1.82, 2.24) is 15.3 Å². The van der Waals surface area contributed by atoms with E-state index in [-0.39, 0.29) is 30.8 Å². The third kappa shape index (κ3) is 3.39. The number of aromatic nitrogens is 2. The van der Waals surface area contributed by atoms with Gasteiger partial charge in [-0.3, -0.25) is 4.79 Å². The van der Waals surface area contributed by atoms with E-state index in [0.29, 0.717) is 23.5 Å². The SMILES string of the molecule is O=C(C[C@H]1OCCc2ccccc21)NCc1nc2ccc(F)cc2[nH]1. The number of nitrogens with one attached hydrogen (secondary N) is 2. The first kappa shape index (κ1) is 15.8. The zero-order valence-electron chi connectivity index (χ0n) is 13.6. The second kappa shape index (κ2) is 6.64. The van der Waals surface area contributed by atoms with Gasteiger partial charge in [0.2, 0.25) is 5.91 Å². The van der Waals surface area contributed by atoms with Crippen LogP contribution in [0.15, 0.2) is 42.5 Å². The standard InChI is InChI=1S/C19H18FN3O2/c20-13-5-6-15-16(9-13)23-18(22-15)11-21-19(24)10-17-14-4-2-1-3-12(14)7-8-25-17/h1-6,9,17H,7-8,10-11H2,(H,21,24)(H,22,23)/t17-/m1/s1. The van der Waals surface area contributed by atoms with Crippen molar-refractivity contribution in [1.29, 1.82) is 0 Å². The zero-order valence-corrected chi connectivity index (χ0v) is 13.6. The van der Waals surface area contributed by atoms with E-state index in [1.165, 1.54) is 17.7 Å². The largest absolute Gasteiger partial charge is 0.373 e. The first-order valence-corrected chi connectivity index (χ1v) is 8.29. The van der Waals surface area contributed by atoms with Crippen LogP contribution in [-0.2, 0) is 22.5 Å². The Kier molecular flexibility index (Phi) is 4.19. The van der Waals surface area contributed by atoms with E-state index in [1.54, 1.807) is 6.07 Å². The normalized spacial score (nSPS) is 16.6. The number of aromatic amines is 1. The number of hydrogen-bond acceptors (Lipinski definition) is 3. The molecule has 0 fully saturated rings. The number of halogens is 1. The van der Waals surface area contributed by atoms with Crippen molar-refractivity contribution in [2.75, 3.05) is 6.61 Å². The second-order valence-electron chi connectivity index (χ2n) is 6.13. The van der Waals surface area contributed by atoms with Gasteiger partial charge in [-0.15, -0.1) is 0 Å². The molecule has 1 aromatic heterocycles. The lowest BCUT2D eigenvalue weighted by atomic mass is 9.96. The van der Waals surface area contributed by atoms with Crippen LogP contribution in [0.1, 0.15) is 29.5 Å². The van der Waals surface area contributed by atoms with Gasteiger partial charge in [-0.2, -0.15) is 0 Å². The van der Waals surface area contributed by atoms with Gasteiger partial charge in [-0.05, 0) is 35.7 Å². The molecular weight excluding hydrogens is 321 g/mol. The van der Waals surface area contributed by atoms with Gasteiger partial charge in [0.15, 0.2) is 0 Å². The number of hydrogen-bond donors (Lipinski definition) is 2. The number of benzene rings is 2. The number of ether oxygens (including phenoxy) is 1. The molecule has 0 radical (unpaired) electrons. The summed E-state index contributed by atoms with van der Waals surface area (Å²) in [4.78, 5) is 19.6. The Morgan fingerprint density at radius 1 is 1.32 bits per heavy atom. The van der Waals surface area contributed by atoms with Gasteiger partial charge in [0.1, 0.15) is 11.6 Å². The second-order valence-corrected chi connectivity index (χ2v) is 6.13. The van der Waals surface area contributed by atoms with Crippen molar-refractivity contribution in [2.24, 2.45) is 0 Å². The molecule has 1 atom stereocenters. The number of rotatable bonds is 4. The van der Waals surface area contributed by atoms with Crippen LogP contribution in [0.5, 0.6) is 0 Å². The minimum absolute atomic E-state index is 0.103. The summed E-state index contributed by atoms with van der Waals surface area (Å²) in [5.74, 6) is 0.173. The fraction of sp³-hybridized carbons (Fsp3) is 0.263. The molecule has 1 amide bonds. The molecule has 0 spiro atoms. The summed E-state index contributed by atoms with van der Waals surface area (Å²) >= 11 is 0. The van der Waals surface area contributed by atoms with Crippen LogP contribution in [0, 0.1) is 5.82 Å². The number of imidazole rings is 1. The van der Waals surface area contributed by atoms with E-state index in [0.717, 1.165) is 12.0 Å². The number of carbonyl (C=O) groups is 1. The maximum absolute atomic E-state index is 13.2. The molecule has 0 bridgehead atoms. The van der Waals surface area contributed by atoms with Gasteiger partial charge in [-0.25, -0.2) is 9.37 Å². The van der Waals surface area contributed by atoms with E-state index < -0.39 is 0 Å². The van der Waals surface area contributed by atoms with Crippen LogP contribution < -0.4 is 5.32 Å². The first-order valence-electron chi connectivity index (χ1n) is 8.29. The van der Waals surface area contributed by atoms with Crippen LogP contribution >= 0.6 is 0 Å². The van der Waals surface area contributed by atoms with E-state index in [4.69, 9.17) is 4.74 Å². The van der Waals surface area contributed by atoms with Crippen LogP contribution in [0.2, 0.25) is 0 Å². The fourth-order valence-electron chi connectivity index (χ4n) is 3.19. The van der Waals surface area contributed by atoms with Crippen molar-refractivity contribution in [3.05, 3.63) is 65.2 Å². The first-order chi connectivity index (χ1) is 12.2. The minimum atomic E-state index is -0.320. The molecule has 4 rings (SSSR count). The average molecular weight is 339 g/mol. The molecule has 0 saturated carbocycles. The molecule has 6 heteroatoms. The molecule has 5 nitrogen and oxygen atoms in total. The van der Waals surface area contributed by atoms with Crippen LogP contribution in [-0.4, -0.2) is 22.5 Å². The van der Waals surface area contributed by atoms with Gasteiger partial charge in [-0.1, -0.05) is 24.3 Å². The van der Waals surface area contributed by atoms with Gasteiger partial charge in [0.25, 0.3) is 0 Å². The molecule has 1 aliphatic heterocycles. The van der Waals surface area contributed by atoms with Crippen LogP contribution in [0.25, 0.3) is 11.0 Å². The Morgan fingerprint density at radius 2 is 2.20 bits per heavy atom. The third-order valence-corrected chi connectivity index (χ3v) is 4.41. The number of carbonyl (C=O) groups excluding carboxylic acids is 1. The van der Waals surface area contributed by atoms with Crippen LogP contribution in [0.3, 0.4) is 0 Å². The van der Waals surface area contributed by atoms with Crippen molar-refractivity contribution in [3.63, 3.8) is 0 Å². The van der Waals surface area contributed by atoms with Crippen molar-refractivity contribution >= 4 is 16.9 Å². The lowest BCUT2D eigenvalue weighted by Gasteiger charge is -2.25. The lowest BCUT2D eigenvalue weighted by Crippen LogP contribution is -2.27. The summed E-state index contributed by atoms with van der Waals surface area (Å²) in [6.07, 6.45) is 0.935. The molecule has 25 heavy (non-hydrogen) atoms. The molecule has 0 saturated heterocycles. The molecule has 2 aromatic carbocycles. The minimum Gasteiger partial charge on any atom is -0.373 e. The predicted octanol–water partition coefficient (Wildman–Crippen LogP) is 3.02. The smallest absolute Gasteiger partial charge is 0.223 e. The Hall–Kier alpha value is -2.73. The highest BCUT2D eigenvalue weighted by Crippen LogP contribution is 2.29. The zero-order chi connectivity index (χ0) is 17.2. The molecule has 2 N–H and O–H groups in total. The van der Waals surface area contributed by atoms with Gasteiger partial charge in [0, 0.05) is 0 Å². The van der Waals surface area contributed by atoms with Crippen LogP contribution in [0.4, 0.5) is 4.39 Å². The molecular formula is C19H18FN3O2. The highest BCUT2D eigenvalue weighted by molar-refractivity contribution is 5.77. The molecule has 128 valence electrons. The quantitative estimate of drug-likeness (QED) is 0.768. The van der Waals surface area contributed by atoms with E-state index in [2.05, 4.69) is 21.4 Å².